The molecule has 33 heavy (non-hydrogen) atoms. The van der Waals surface area contributed by atoms with Crippen molar-refractivity contribution < 1.29 is 28.9 Å². The van der Waals surface area contributed by atoms with Crippen LogP contribution in [0.5, 0.6) is 11.5 Å². The third kappa shape index (κ3) is 3.81. The Balaban J connectivity index is 1.98. The van der Waals surface area contributed by atoms with Crippen molar-refractivity contribution in [2.45, 2.75) is 38.6 Å². The van der Waals surface area contributed by atoms with Crippen LogP contribution in [-0.2, 0) is 17.7 Å². The van der Waals surface area contributed by atoms with Gasteiger partial charge in [0.2, 0.25) is 0 Å². The molecule has 0 saturated carbocycles. The zero-order chi connectivity index (χ0) is 23.9. The van der Waals surface area contributed by atoms with Gasteiger partial charge in [0.05, 0.1) is 13.2 Å². The Labute approximate surface area is 188 Å². The van der Waals surface area contributed by atoms with E-state index in [2.05, 4.69) is 10.3 Å². The monoisotopic (exact) mass is 457 g/mol. The number of carbonyl (C=O) groups is 1. The number of esters is 1. The maximum Gasteiger partial charge on any atom is 0.347 e. The predicted octanol–water partition coefficient (Wildman–Crippen LogP) is 1.70. The Morgan fingerprint density at radius 2 is 2.09 bits per heavy atom. The molecule has 0 amide bonds. The third-order valence-corrected chi connectivity index (χ3v) is 5.72. The number of halogens is 1. The lowest BCUT2D eigenvalue weighted by Gasteiger charge is -2.40. The van der Waals surface area contributed by atoms with Gasteiger partial charge in [-0.05, 0) is 38.6 Å². The number of ether oxygens (including phenoxy) is 2. The lowest BCUT2D eigenvalue weighted by Crippen LogP contribution is -2.57. The van der Waals surface area contributed by atoms with Crippen LogP contribution in [0.2, 0.25) is 0 Å². The van der Waals surface area contributed by atoms with E-state index in [-0.39, 0.29) is 35.8 Å². The van der Waals surface area contributed by atoms with Gasteiger partial charge in [-0.15, -0.1) is 0 Å². The number of nitrogens with zero attached hydrogens (tertiary/aromatic N) is 2. The highest BCUT2D eigenvalue weighted by atomic mass is 19.1. The first-order chi connectivity index (χ1) is 15.7. The third-order valence-electron chi connectivity index (χ3n) is 5.72. The molecule has 0 saturated heterocycles. The minimum atomic E-state index is -1.29. The molecule has 1 aromatic carbocycles. The number of pyridine rings is 2. The van der Waals surface area contributed by atoms with Crippen molar-refractivity contribution in [3.8, 4) is 11.5 Å². The maximum atomic E-state index is 13.3. The smallest absolute Gasteiger partial charge is 0.347 e. The molecule has 174 valence electrons. The van der Waals surface area contributed by atoms with Crippen LogP contribution in [0, 0.1) is 5.82 Å². The van der Waals surface area contributed by atoms with Gasteiger partial charge in [-0.2, -0.15) is 0 Å². The quantitative estimate of drug-likeness (QED) is 0.378. The summed E-state index contributed by atoms with van der Waals surface area (Å²) in [4.78, 5) is 30.1. The molecule has 3 aromatic rings. The van der Waals surface area contributed by atoms with E-state index in [0.717, 1.165) is 5.56 Å². The highest BCUT2D eigenvalue weighted by Gasteiger charge is 2.42. The van der Waals surface area contributed by atoms with Gasteiger partial charge in [-0.25, -0.2) is 9.18 Å². The first-order valence-corrected chi connectivity index (χ1v) is 10.4. The predicted molar refractivity (Wildman–Crippen MR) is 117 cm³/mol. The molecule has 1 aliphatic heterocycles. The number of aliphatic hydroxyl groups is 1. The van der Waals surface area contributed by atoms with Crippen molar-refractivity contribution in [1.29, 1.82) is 0 Å². The van der Waals surface area contributed by atoms with Gasteiger partial charge >= 0.3 is 5.97 Å². The van der Waals surface area contributed by atoms with Gasteiger partial charge in [0.15, 0.2) is 22.7 Å². The summed E-state index contributed by atoms with van der Waals surface area (Å²) in [6.45, 7) is 3.11. The minimum Gasteiger partial charge on any atom is -0.505 e. The number of likely N-dealkylation sites (N-methyl/N-ethyl adjacent to an activating group) is 1. The van der Waals surface area contributed by atoms with Gasteiger partial charge in [-0.3, -0.25) is 19.7 Å². The Hall–Kier alpha value is -3.50. The molecule has 1 aliphatic rings. The maximum absolute atomic E-state index is 13.3. The molecule has 2 atom stereocenters. The highest BCUT2D eigenvalue weighted by Crippen LogP contribution is 2.40. The van der Waals surface area contributed by atoms with Gasteiger partial charge in [0.1, 0.15) is 23.1 Å². The Morgan fingerprint density at radius 3 is 2.73 bits per heavy atom. The number of aromatic nitrogens is 2. The molecule has 0 spiro atoms. The minimum absolute atomic E-state index is 0.00323. The summed E-state index contributed by atoms with van der Waals surface area (Å²) in [5, 5.41) is 24.1. The number of aliphatic hydroxyl groups excluding tert-OH is 1. The van der Waals surface area contributed by atoms with Crippen molar-refractivity contribution in [3.63, 3.8) is 0 Å². The zero-order valence-corrected chi connectivity index (χ0v) is 18.4. The van der Waals surface area contributed by atoms with E-state index in [1.165, 1.54) is 22.9 Å². The summed E-state index contributed by atoms with van der Waals surface area (Å²) in [6, 6.07) is 5.90. The van der Waals surface area contributed by atoms with E-state index >= 15 is 0 Å². The van der Waals surface area contributed by atoms with E-state index in [9.17, 15) is 24.2 Å². The van der Waals surface area contributed by atoms with Crippen LogP contribution in [0.25, 0.3) is 11.0 Å². The molecular formula is C23H24FN3O6. The summed E-state index contributed by atoms with van der Waals surface area (Å²) in [5.74, 6) is -1.70. The molecule has 2 aromatic heterocycles. The number of carbonyl (C=O) groups excluding carboxylic acids is 1. The highest BCUT2D eigenvalue weighted by molar-refractivity contribution is 6.00. The molecule has 0 bridgehead atoms. The molecule has 0 radical (unpaired) electrons. The fraction of sp³-hybridized carbons (Fsp3) is 0.348. The van der Waals surface area contributed by atoms with Gasteiger partial charge in [0.25, 0.3) is 5.56 Å². The zero-order valence-electron chi connectivity index (χ0n) is 18.4. The first-order valence-electron chi connectivity index (χ1n) is 10.4. The number of hydrogen-bond donors (Lipinski definition) is 3. The first kappa shape index (κ1) is 22.7. The second kappa shape index (κ2) is 8.45. The summed E-state index contributed by atoms with van der Waals surface area (Å²) >= 11 is 0. The summed E-state index contributed by atoms with van der Waals surface area (Å²) < 4.78 is 25.8. The van der Waals surface area contributed by atoms with Crippen LogP contribution in [0.1, 0.15) is 35.3 Å². The molecule has 0 fully saturated rings. The van der Waals surface area contributed by atoms with Crippen LogP contribution in [0.3, 0.4) is 0 Å². The van der Waals surface area contributed by atoms with E-state index in [4.69, 9.17) is 9.47 Å². The Morgan fingerprint density at radius 1 is 1.39 bits per heavy atom. The summed E-state index contributed by atoms with van der Waals surface area (Å²) in [6.07, 6.45) is 0.584. The second-order valence-corrected chi connectivity index (χ2v) is 8.05. The number of hydrogen-bond acceptors (Lipinski definition) is 8. The molecule has 3 N–H and O–H groups in total. The molecule has 4 rings (SSSR count). The van der Waals surface area contributed by atoms with Crippen LogP contribution in [-0.4, -0.2) is 51.2 Å². The molecule has 3 heterocycles. The van der Waals surface area contributed by atoms with Crippen molar-refractivity contribution in [1.82, 2.24) is 14.9 Å². The van der Waals surface area contributed by atoms with E-state index in [0.29, 0.717) is 12.0 Å². The van der Waals surface area contributed by atoms with E-state index in [1.807, 2.05) is 0 Å². The molecule has 10 heteroatoms. The SMILES string of the molecule is CCOC(=O)c1c(O)c2ncc(Cc3ccc(F)cc3)c3c2n(c1=O)C[C@@](C)(C(O)NC)O3. The average molecular weight is 457 g/mol. The Bertz CT molecular complexity index is 1290. The van der Waals surface area contributed by atoms with Gasteiger partial charge < -0.3 is 19.7 Å². The second-order valence-electron chi connectivity index (χ2n) is 8.05. The number of aromatic hydroxyl groups is 1. The van der Waals surface area contributed by atoms with Crippen LogP contribution in [0.15, 0.2) is 35.3 Å². The summed E-state index contributed by atoms with van der Waals surface area (Å²) in [7, 11) is 1.54. The largest absolute Gasteiger partial charge is 0.505 e. The summed E-state index contributed by atoms with van der Waals surface area (Å²) in [5.41, 5.74) is -1.09. The lowest BCUT2D eigenvalue weighted by atomic mass is 9.98. The van der Waals surface area contributed by atoms with Crippen LogP contribution < -0.4 is 15.6 Å². The van der Waals surface area contributed by atoms with Crippen molar-refractivity contribution >= 4 is 17.0 Å². The molecule has 1 unspecified atom stereocenters. The van der Waals surface area contributed by atoms with E-state index < -0.39 is 34.7 Å². The van der Waals surface area contributed by atoms with Crippen molar-refractivity contribution in [2.75, 3.05) is 13.7 Å². The molecular weight excluding hydrogens is 433 g/mol. The normalized spacial score (nSPS) is 18.1. The van der Waals surface area contributed by atoms with Gasteiger partial charge in [0, 0.05) is 18.2 Å². The fourth-order valence-electron chi connectivity index (χ4n) is 4.03. The van der Waals surface area contributed by atoms with E-state index in [1.54, 1.807) is 33.0 Å². The Kier molecular flexibility index (Phi) is 5.81. The topological polar surface area (TPSA) is 123 Å². The average Bonchev–Trinajstić information content (AvgIpc) is 2.79. The lowest BCUT2D eigenvalue weighted by molar-refractivity contribution is -0.0706. The fourth-order valence-corrected chi connectivity index (χ4v) is 4.03. The van der Waals surface area contributed by atoms with Gasteiger partial charge in [-0.1, -0.05) is 12.1 Å². The van der Waals surface area contributed by atoms with Crippen molar-refractivity contribution in [3.05, 3.63) is 63.3 Å². The molecule has 0 aliphatic carbocycles. The van der Waals surface area contributed by atoms with Crippen molar-refractivity contribution in [2.24, 2.45) is 0 Å². The number of nitrogens with one attached hydrogen (secondary N) is 1. The van der Waals surface area contributed by atoms with Crippen LogP contribution >= 0.6 is 0 Å². The number of rotatable bonds is 6. The van der Waals surface area contributed by atoms with Crippen LogP contribution in [0.4, 0.5) is 4.39 Å². The standard InChI is InChI=1S/C23H24FN3O6/c1-4-32-21(30)15-18(28)16-17-19(13(10-26-16)9-12-5-7-14(24)8-6-12)33-23(2,22(31)25-3)11-27(17)20(15)29/h5-8,10,22,25,28,31H,4,9,11H2,1-3H3/t22?,23-/m0/s1. The number of benzene rings is 1. The molecule has 9 nitrogen and oxygen atoms in total.